The molecule has 32 heavy (non-hydrogen) atoms. The van der Waals surface area contributed by atoms with Gasteiger partial charge in [-0.25, -0.2) is 8.42 Å². The van der Waals surface area contributed by atoms with Crippen LogP contribution in [0.2, 0.25) is 0 Å². The van der Waals surface area contributed by atoms with Gasteiger partial charge in [-0.05, 0) is 36.2 Å². The lowest BCUT2D eigenvalue weighted by molar-refractivity contribution is -0.141. The maximum Gasteiger partial charge on any atom is 0.325 e. The van der Waals surface area contributed by atoms with Crippen molar-refractivity contribution in [1.82, 2.24) is 9.62 Å². The molecular formula is C23H28N2O6S. The molecule has 0 aliphatic heterocycles. The average molecular weight is 461 g/mol. The molecule has 2 aromatic rings. The Morgan fingerprint density at radius 3 is 1.97 bits per heavy atom. The predicted octanol–water partition coefficient (Wildman–Crippen LogP) is 2.44. The van der Waals surface area contributed by atoms with Gasteiger partial charge < -0.3 is 10.1 Å². The number of benzene rings is 2. The molecule has 1 amide bonds. The number of hydrogen-bond donors (Lipinski definition) is 1. The predicted molar refractivity (Wildman–Crippen MR) is 120 cm³/mol. The van der Waals surface area contributed by atoms with Gasteiger partial charge in [0, 0.05) is 24.2 Å². The van der Waals surface area contributed by atoms with Gasteiger partial charge >= 0.3 is 5.97 Å². The molecule has 0 atom stereocenters. The molecule has 0 aliphatic carbocycles. The van der Waals surface area contributed by atoms with E-state index in [0.717, 1.165) is 12.0 Å². The van der Waals surface area contributed by atoms with Gasteiger partial charge in [-0.15, -0.1) is 0 Å². The summed E-state index contributed by atoms with van der Waals surface area (Å²) in [4.78, 5) is 36.3. The molecular weight excluding hydrogens is 432 g/mol. The van der Waals surface area contributed by atoms with E-state index < -0.39 is 35.1 Å². The molecule has 2 rings (SSSR count). The van der Waals surface area contributed by atoms with Crippen molar-refractivity contribution in [1.29, 1.82) is 0 Å². The lowest BCUT2D eigenvalue weighted by atomic mass is 10.1. The summed E-state index contributed by atoms with van der Waals surface area (Å²) in [5, 5.41) is 2.40. The summed E-state index contributed by atoms with van der Waals surface area (Å²) < 4.78 is 31.2. The van der Waals surface area contributed by atoms with E-state index in [0.29, 0.717) is 18.7 Å². The van der Waals surface area contributed by atoms with Crippen LogP contribution in [0.5, 0.6) is 0 Å². The van der Waals surface area contributed by atoms with Gasteiger partial charge in [0.25, 0.3) is 5.91 Å². The first-order chi connectivity index (χ1) is 15.2. The fourth-order valence-electron chi connectivity index (χ4n) is 2.95. The molecule has 0 heterocycles. The SMILES string of the molecule is CCc1ccc(C(=O)COC(=O)CNC(=O)c2ccc(S(=O)(=O)N(CC)CC)cc2)cc1. The van der Waals surface area contributed by atoms with E-state index in [9.17, 15) is 22.8 Å². The Bertz CT molecular complexity index is 1040. The minimum atomic E-state index is -3.62. The Morgan fingerprint density at radius 2 is 1.44 bits per heavy atom. The van der Waals surface area contributed by atoms with Gasteiger partial charge in [0.2, 0.25) is 10.0 Å². The second-order valence-electron chi connectivity index (χ2n) is 6.93. The quantitative estimate of drug-likeness (QED) is 0.407. The highest BCUT2D eigenvalue weighted by Crippen LogP contribution is 2.16. The molecule has 0 unspecified atom stereocenters. The van der Waals surface area contributed by atoms with E-state index in [4.69, 9.17) is 4.74 Å². The normalized spacial score (nSPS) is 11.2. The first kappa shape index (κ1) is 25.2. The van der Waals surface area contributed by atoms with E-state index in [2.05, 4.69) is 5.32 Å². The standard InChI is InChI=1S/C23H28N2O6S/c1-4-17-7-9-18(10-8-17)21(26)16-31-22(27)15-24-23(28)19-11-13-20(14-12-19)32(29,30)25(5-2)6-3/h7-14H,4-6,15-16H2,1-3H3,(H,24,28). The molecule has 8 nitrogen and oxygen atoms in total. The average Bonchev–Trinajstić information content (AvgIpc) is 2.81. The zero-order valence-electron chi connectivity index (χ0n) is 18.5. The number of sulfonamides is 1. The summed E-state index contributed by atoms with van der Waals surface area (Å²) in [6, 6.07) is 12.5. The number of Topliss-reactive ketones (excluding diaryl/α,β-unsaturated/α-hetero) is 1. The minimum Gasteiger partial charge on any atom is -0.456 e. The van der Waals surface area contributed by atoms with Gasteiger partial charge in [-0.1, -0.05) is 45.0 Å². The van der Waals surface area contributed by atoms with E-state index in [1.165, 1.54) is 28.6 Å². The van der Waals surface area contributed by atoms with Gasteiger partial charge in [0.05, 0.1) is 4.90 Å². The van der Waals surface area contributed by atoms with E-state index in [1.807, 2.05) is 19.1 Å². The second kappa shape index (κ2) is 11.5. The van der Waals surface area contributed by atoms with Crippen LogP contribution in [0.25, 0.3) is 0 Å². The summed E-state index contributed by atoms with van der Waals surface area (Å²) in [6.07, 6.45) is 0.859. The van der Waals surface area contributed by atoms with Crippen molar-refractivity contribution in [2.75, 3.05) is 26.2 Å². The van der Waals surface area contributed by atoms with Crippen molar-refractivity contribution in [2.45, 2.75) is 32.1 Å². The molecule has 0 spiro atoms. The number of nitrogens with zero attached hydrogens (tertiary/aromatic N) is 1. The third kappa shape index (κ3) is 6.48. The maximum absolute atomic E-state index is 12.5. The number of carbonyl (C=O) groups excluding carboxylic acids is 3. The molecule has 1 N–H and O–H groups in total. The number of carbonyl (C=O) groups is 3. The molecule has 0 radical (unpaired) electrons. The van der Waals surface area contributed by atoms with Gasteiger partial charge in [0.1, 0.15) is 6.54 Å². The Balaban J connectivity index is 1.86. The second-order valence-corrected chi connectivity index (χ2v) is 8.87. The van der Waals surface area contributed by atoms with Crippen LogP contribution in [-0.2, 0) is 26.0 Å². The monoisotopic (exact) mass is 460 g/mol. The summed E-state index contributed by atoms with van der Waals surface area (Å²) in [5.74, 6) is -1.65. The molecule has 0 aromatic heterocycles. The largest absolute Gasteiger partial charge is 0.456 e. The van der Waals surface area contributed by atoms with Crippen LogP contribution >= 0.6 is 0 Å². The summed E-state index contributed by atoms with van der Waals surface area (Å²) in [6.45, 7) is 5.36. The Morgan fingerprint density at radius 1 is 0.875 bits per heavy atom. The number of aryl methyl sites for hydroxylation is 1. The highest BCUT2D eigenvalue weighted by Gasteiger charge is 2.21. The molecule has 0 bridgehead atoms. The molecule has 0 saturated carbocycles. The highest BCUT2D eigenvalue weighted by atomic mass is 32.2. The van der Waals surface area contributed by atoms with Crippen molar-refractivity contribution in [2.24, 2.45) is 0 Å². The Labute approximate surface area is 188 Å². The van der Waals surface area contributed by atoms with Crippen LogP contribution in [0, 0.1) is 0 Å². The Kier molecular flexibility index (Phi) is 9.10. The lowest BCUT2D eigenvalue weighted by Crippen LogP contribution is -2.32. The van der Waals surface area contributed by atoms with Crippen molar-refractivity contribution >= 4 is 27.7 Å². The number of amides is 1. The van der Waals surface area contributed by atoms with Crippen LogP contribution in [-0.4, -0.2) is 56.6 Å². The van der Waals surface area contributed by atoms with E-state index in [-0.39, 0.29) is 16.2 Å². The van der Waals surface area contributed by atoms with Crippen LogP contribution < -0.4 is 5.32 Å². The zero-order valence-corrected chi connectivity index (χ0v) is 19.3. The number of rotatable bonds is 11. The fraction of sp³-hybridized carbons (Fsp3) is 0.348. The smallest absolute Gasteiger partial charge is 0.325 e. The number of nitrogens with one attached hydrogen (secondary N) is 1. The van der Waals surface area contributed by atoms with Gasteiger partial charge in [-0.2, -0.15) is 4.31 Å². The lowest BCUT2D eigenvalue weighted by Gasteiger charge is -2.18. The maximum atomic E-state index is 12.5. The summed E-state index contributed by atoms with van der Waals surface area (Å²) in [7, 11) is -3.62. The Hall–Kier alpha value is -3.04. The third-order valence-electron chi connectivity index (χ3n) is 4.90. The summed E-state index contributed by atoms with van der Waals surface area (Å²) in [5.41, 5.74) is 1.74. The van der Waals surface area contributed by atoms with Gasteiger partial charge in [-0.3, -0.25) is 14.4 Å². The number of ketones is 1. The molecule has 9 heteroatoms. The number of ether oxygens (including phenoxy) is 1. The van der Waals surface area contributed by atoms with Gasteiger partial charge in [0.15, 0.2) is 12.4 Å². The van der Waals surface area contributed by atoms with Crippen molar-refractivity contribution in [3.05, 3.63) is 65.2 Å². The molecule has 0 aliphatic rings. The molecule has 172 valence electrons. The van der Waals surface area contributed by atoms with E-state index in [1.54, 1.807) is 26.0 Å². The zero-order chi connectivity index (χ0) is 23.7. The highest BCUT2D eigenvalue weighted by molar-refractivity contribution is 7.89. The minimum absolute atomic E-state index is 0.0858. The third-order valence-corrected chi connectivity index (χ3v) is 6.97. The molecule has 0 saturated heterocycles. The fourth-order valence-corrected chi connectivity index (χ4v) is 4.41. The molecule has 0 fully saturated rings. The van der Waals surface area contributed by atoms with Crippen LogP contribution in [0.1, 0.15) is 47.1 Å². The van der Waals surface area contributed by atoms with Crippen molar-refractivity contribution in [3.8, 4) is 0 Å². The molecule has 2 aromatic carbocycles. The number of esters is 1. The first-order valence-electron chi connectivity index (χ1n) is 10.4. The van der Waals surface area contributed by atoms with Crippen LogP contribution in [0.15, 0.2) is 53.4 Å². The van der Waals surface area contributed by atoms with Crippen molar-refractivity contribution < 1.29 is 27.5 Å². The summed E-state index contributed by atoms with van der Waals surface area (Å²) >= 11 is 0. The number of hydrogen-bond acceptors (Lipinski definition) is 6. The first-order valence-corrected chi connectivity index (χ1v) is 11.8. The van der Waals surface area contributed by atoms with Crippen molar-refractivity contribution in [3.63, 3.8) is 0 Å². The van der Waals surface area contributed by atoms with Crippen LogP contribution in [0.3, 0.4) is 0 Å². The topological polar surface area (TPSA) is 110 Å². The van der Waals surface area contributed by atoms with E-state index >= 15 is 0 Å². The van der Waals surface area contributed by atoms with Crippen LogP contribution in [0.4, 0.5) is 0 Å².